The van der Waals surface area contributed by atoms with Gasteiger partial charge in [0.25, 0.3) is 0 Å². The van der Waals surface area contributed by atoms with Crippen molar-refractivity contribution >= 4 is 11.4 Å². The molecule has 0 aliphatic heterocycles. The molecule has 2 N–H and O–H groups in total. The highest BCUT2D eigenvalue weighted by Crippen LogP contribution is 2.20. The van der Waals surface area contributed by atoms with Crippen LogP contribution in [-0.2, 0) is 0 Å². The molecular formula is C11H18N2. The minimum atomic E-state index is 0.280. The van der Waals surface area contributed by atoms with Crippen molar-refractivity contribution in [3.05, 3.63) is 11.6 Å². The van der Waals surface area contributed by atoms with Crippen molar-refractivity contribution in [1.29, 1.82) is 10.8 Å². The smallest absolute Gasteiger partial charge is 0.0346 e. The number of hydrogen-bond acceptors (Lipinski definition) is 2. The molecule has 0 spiro atoms. The van der Waals surface area contributed by atoms with Crippen molar-refractivity contribution in [1.82, 2.24) is 0 Å². The lowest BCUT2D eigenvalue weighted by molar-refractivity contribution is 0.730. The third-order valence-electron chi connectivity index (χ3n) is 2.46. The zero-order chi connectivity index (χ0) is 9.84. The second-order valence-electron chi connectivity index (χ2n) is 3.97. The molecule has 1 aliphatic rings. The van der Waals surface area contributed by atoms with Gasteiger partial charge in [0.2, 0.25) is 0 Å². The maximum Gasteiger partial charge on any atom is 0.0346 e. The van der Waals surface area contributed by atoms with Crippen LogP contribution < -0.4 is 0 Å². The number of allylic oxidation sites excluding steroid dienone is 2. The molecule has 0 atom stereocenters. The summed E-state index contributed by atoms with van der Waals surface area (Å²) in [5.41, 5.74) is 2.49. The molecule has 2 nitrogen and oxygen atoms in total. The molecule has 1 rings (SSSR count). The van der Waals surface area contributed by atoms with Gasteiger partial charge in [-0.1, -0.05) is 13.8 Å². The average Bonchev–Trinajstić information content (AvgIpc) is 2.08. The maximum absolute atomic E-state index is 7.72. The van der Waals surface area contributed by atoms with Crippen molar-refractivity contribution in [2.75, 3.05) is 0 Å². The van der Waals surface area contributed by atoms with Crippen LogP contribution in [0, 0.1) is 16.7 Å². The van der Waals surface area contributed by atoms with Crippen molar-refractivity contribution in [3.8, 4) is 0 Å². The first-order valence-electron chi connectivity index (χ1n) is 4.98. The fraction of sp³-hybridized carbons (Fsp3) is 0.636. The van der Waals surface area contributed by atoms with E-state index in [1.807, 2.05) is 19.9 Å². The summed E-state index contributed by atoms with van der Waals surface area (Å²) < 4.78 is 0. The fourth-order valence-corrected chi connectivity index (χ4v) is 1.44. The lowest BCUT2D eigenvalue weighted by Crippen LogP contribution is -2.11. The van der Waals surface area contributed by atoms with Gasteiger partial charge in [0.1, 0.15) is 0 Å². The summed E-state index contributed by atoms with van der Waals surface area (Å²) in [6.07, 6.45) is 6.11. The van der Waals surface area contributed by atoms with E-state index in [0.29, 0.717) is 5.71 Å². The SMILES string of the molecule is CC(C)C(=N)/C=C1/CCCCC1=N. The monoisotopic (exact) mass is 178 g/mol. The van der Waals surface area contributed by atoms with E-state index in [2.05, 4.69) is 0 Å². The maximum atomic E-state index is 7.72. The quantitative estimate of drug-likeness (QED) is 0.610. The highest BCUT2D eigenvalue weighted by atomic mass is 14.5. The predicted molar refractivity (Wildman–Crippen MR) is 56.8 cm³/mol. The molecule has 0 aromatic carbocycles. The minimum absolute atomic E-state index is 0.280. The summed E-state index contributed by atoms with van der Waals surface area (Å²) in [5, 5.41) is 15.4. The van der Waals surface area contributed by atoms with Gasteiger partial charge in [0, 0.05) is 11.4 Å². The van der Waals surface area contributed by atoms with E-state index in [9.17, 15) is 0 Å². The van der Waals surface area contributed by atoms with E-state index in [4.69, 9.17) is 10.8 Å². The first-order valence-corrected chi connectivity index (χ1v) is 4.98. The Kier molecular flexibility index (Phi) is 3.40. The Labute approximate surface area is 80.1 Å². The molecule has 0 saturated heterocycles. The van der Waals surface area contributed by atoms with E-state index in [-0.39, 0.29) is 5.92 Å². The molecule has 1 aliphatic carbocycles. The van der Waals surface area contributed by atoms with Gasteiger partial charge in [0.15, 0.2) is 0 Å². The summed E-state index contributed by atoms with van der Waals surface area (Å²) in [7, 11) is 0. The molecule has 13 heavy (non-hydrogen) atoms. The van der Waals surface area contributed by atoms with Crippen molar-refractivity contribution in [2.45, 2.75) is 39.5 Å². The topological polar surface area (TPSA) is 47.7 Å². The van der Waals surface area contributed by atoms with Gasteiger partial charge >= 0.3 is 0 Å². The molecule has 1 fully saturated rings. The second-order valence-corrected chi connectivity index (χ2v) is 3.97. The Hall–Kier alpha value is -0.920. The highest BCUT2D eigenvalue weighted by molar-refractivity contribution is 6.05. The summed E-state index contributed by atoms with van der Waals surface area (Å²) in [6, 6.07) is 0. The molecule has 0 bridgehead atoms. The molecule has 0 unspecified atom stereocenters. The summed E-state index contributed by atoms with van der Waals surface area (Å²) >= 11 is 0. The van der Waals surface area contributed by atoms with Crippen LogP contribution in [-0.4, -0.2) is 11.4 Å². The minimum Gasteiger partial charge on any atom is -0.305 e. The van der Waals surface area contributed by atoms with Gasteiger partial charge in [-0.3, -0.25) is 0 Å². The molecule has 0 aromatic rings. The number of hydrogen-bond donors (Lipinski definition) is 2. The summed E-state index contributed by atoms with van der Waals surface area (Å²) in [6.45, 7) is 4.04. The van der Waals surface area contributed by atoms with Gasteiger partial charge in [0.05, 0.1) is 0 Å². The van der Waals surface area contributed by atoms with E-state index < -0.39 is 0 Å². The lowest BCUT2D eigenvalue weighted by atomic mass is 9.91. The van der Waals surface area contributed by atoms with E-state index in [0.717, 1.165) is 30.5 Å². The Bertz CT molecular complexity index is 249. The molecule has 0 heterocycles. The molecule has 1 saturated carbocycles. The van der Waals surface area contributed by atoms with Crippen LogP contribution in [0.4, 0.5) is 0 Å². The van der Waals surface area contributed by atoms with E-state index in [1.54, 1.807) is 0 Å². The van der Waals surface area contributed by atoms with Crippen molar-refractivity contribution in [2.24, 2.45) is 5.92 Å². The first-order chi connectivity index (χ1) is 6.11. The third-order valence-corrected chi connectivity index (χ3v) is 2.46. The van der Waals surface area contributed by atoms with Gasteiger partial charge < -0.3 is 10.8 Å². The van der Waals surface area contributed by atoms with Crippen LogP contribution in [0.5, 0.6) is 0 Å². The Balaban J connectivity index is 2.68. The molecule has 0 aromatic heterocycles. The van der Waals surface area contributed by atoms with Gasteiger partial charge in [-0.25, -0.2) is 0 Å². The van der Waals surface area contributed by atoms with Gasteiger partial charge in [-0.05, 0) is 43.3 Å². The third kappa shape index (κ3) is 2.79. The van der Waals surface area contributed by atoms with E-state index >= 15 is 0 Å². The number of nitrogens with one attached hydrogen (secondary N) is 2. The predicted octanol–water partition coefficient (Wildman–Crippen LogP) is 3.18. The van der Waals surface area contributed by atoms with Crippen molar-refractivity contribution in [3.63, 3.8) is 0 Å². The van der Waals surface area contributed by atoms with Gasteiger partial charge in [-0.15, -0.1) is 0 Å². The standard InChI is InChI=1S/C11H18N2/c1-8(2)11(13)7-9-5-3-4-6-10(9)12/h7-8,12-13H,3-6H2,1-2H3/b9-7-,12-10?,13-11?. The highest BCUT2D eigenvalue weighted by Gasteiger charge is 2.12. The van der Waals surface area contributed by atoms with E-state index in [1.165, 1.54) is 6.42 Å². The molecule has 2 heteroatoms. The Morgan fingerprint density at radius 3 is 2.46 bits per heavy atom. The van der Waals surface area contributed by atoms with Crippen molar-refractivity contribution < 1.29 is 0 Å². The Morgan fingerprint density at radius 1 is 1.31 bits per heavy atom. The fourth-order valence-electron chi connectivity index (χ4n) is 1.44. The van der Waals surface area contributed by atoms with Crippen LogP contribution in [0.15, 0.2) is 11.6 Å². The van der Waals surface area contributed by atoms with Crippen LogP contribution in [0.25, 0.3) is 0 Å². The van der Waals surface area contributed by atoms with Crippen LogP contribution >= 0.6 is 0 Å². The Morgan fingerprint density at radius 2 is 1.92 bits per heavy atom. The second kappa shape index (κ2) is 4.35. The van der Waals surface area contributed by atoms with Gasteiger partial charge in [-0.2, -0.15) is 0 Å². The molecule has 0 radical (unpaired) electrons. The zero-order valence-electron chi connectivity index (χ0n) is 8.48. The zero-order valence-corrected chi connectivity index (χ0v) is 8.48. The van der Waals surface area contributed by atoms with Crippen LogP contribution in [0.3, 0.4) is 0 Å². The molecular weight excluding hydrogens is 160 g/mol. The average molecular weight is 178 g/mol. The molecule has 72 valence electrons. The summed E-state index contributed by atoms with van der Waals surface area (Å²) in [4.78, 5) is 0. The summed E-state index contributed by atoms with van der Waals surface area (Å²) in [5.74, 6) is 0.280. The van der Waals surface area contributed by atoms with Crippen LogP contribution in [0.2, 0.25) is 0 Å². The largest absolute Gasteiger partial charge is 0.305 e. The normalized spacial score (nSPS) is 21.2. The molecule has 0 amide bonds. The lowest BCUT2D eigenvalue weighted by Gasteiger charge is -2.15. The first kappa shape index (κ1) is 10.2. The number of rotatable bonds is 2. The van der Waals surface area contributed by atoms with Crippen LogP contribution in [0.1, 0.15) is 39.5 Å².